The molecular weight excluding hydrogens is 607 g/mol. The summed E-state index contributed by atoms with van der Waals surface area (Å²) in [6.07, 6.45) is 7.53. The Morgan fingerprint density at radius 3 is 2.51 bits per heavy atom. The van der Waals surface area contributed by atoms with E-state index in [2.05, 4.69) is 84.0 Å². The van der Waals surface area contributed by atoms with Crippen molar-refractivity contribution < 1.29 is 22.4 Å². The molecule has 1 fully saturated rings. The third kappa shape index (κ3) is 7.61. The van der Waals surface area contributed by atoms with Crippen molar-refractivity contribution in [3.05, 3.63) is 65.5 Å². The second-order valence-electron chi connectivity index (χ2n) is 14.8. The number of hydrogen-bond donors (Lipinski definition) is 2. The highest BCUT2D eigenvalue weighted by Crippen LogP contribution is 2.45. The van der Waals surface area contributed by atoms with Crippen LogP contribution in [0.2, 0.25) is 18.1 Å². The van der Waals surface area contributed by atoms with Crippen LogP contribution in [0.3, 0.4) is 0 Å². The van der Waals surface area contributed by atoms with Gasteiger partial charge in [0, 0.05) is 23.6 Å². The molecule has 0 unspecified atom stereocenters. The Balaban J connectivity index is 1.39. The quantitative estimate of drug-likeness (QED) is 0.244. The number of carbonyl (C=O) groups excluding carboxylic acids is 1. The van der Waals surface area contributed by atoms with Gasteiger partial charge in [-0.3, -0.25) is 0 Å². The van der Waals surface area contributed by atoms with Gasteiger partial charge in [0.05, 0.1) is 17.5 Å². The number of sulfonamides is 1. The van der Waals surface area contributed by atoms with E-state index in [1.165, 1.54) is 11.1 Å². The van der Waals surface area contributed by atoms with E-state index in [1.807, 2.05) is 10.9 Å². The molecule has 10 nitrogen and oxygen atoms in total. The molecule has 0 aliphatic heterocycles. The zero-order valence-electron chi connectivity index (χ0n) is 27.6. The van der Waals surface area contributed by atoms with Crippen molar-refractivity contribution >= 4 is 41.3 Å². The maximum Gasteiger partial charge on any atom is 0.421 e. The summed E-state index contributed by atoms with van der Waals surface area (Å²) in [4.78, 5) is 21.5. The van der Waals surface area contributed by atoms with Crippen LogP contribution in [0, 0.1) is 5.92 Å². The molecule has 1 amide bonds. The first-order valence-corrected chi connectivity index (χ1v) is 20.2. The number of fused-ring (bicyclic) bond motifs is 2. The number of nitrogens with zero attached hydrogens (tertiary/aromatic N) is 3. The largest absolute Gasteiger partial charge is 0.443 e. The molecule has 0 radical (unpaired) electrons. The van der Waals surface area contributed by atoms with Gasteiger partial charge >= 0.3 is 6.09 Å². The minimum atomic E-state index is -4.07. The molecule has 5 rings (SSSR count). The van der Waals surface area contributed by atoms with Gasteiger partial charge in [0.15, 0.2) is 8.32 Å². The number of nitrogens with one attached hydrogen (secondary N) is 2. The second-order valence-corrected chi connectivity index (χ2v) is 21.1. The number of aromatic nitrogens is 3. The Morgan fingerprint density at radius 2 is 1.80 bits per heavy atom. The van der Waals surface area contributed by atoms with Crippen molar-refractivity contribution in [2.45, 2.75) is 109 Å². The van der Waals surface area contributed by atoms with Crippen molar-refractivity contribution in [1.29, 1.82) is 0 Å². The van der Waals surface area contributed by atoms with Crippen LogP contribution >= 0.6 is 0 Å². The lowest BCUT2D eigenvalue weighted by molar-refractivity contribution is 0.0571. The molecule has 2 heterocycles. The number of rotatable bonds is 8. The van der Waals surface area contributed by atoms with Gasteiger partial charge in [-0.25, -0.2) is 27.9 Å². The number of amides is 1. The van der Waals surface area contributed by atoms with E-state index in [-0.39, 0.29) is 29.1 Å². The van der Waals surface area contributed by atoms with Crippen molar-refractivity contribution in [2.24, 2.45) is 5.92 Å². The third-order valence-corrected chi connectivity index (χ3v) is 14.7. The number of benzene rings is 1. The maximum atomic E-state index is 12.8. The first-order valence-electron chi connectivity index (χ1n) is 15.7. The van der Waals surface area contributed by atoms with Gasteiger partial charge in [-0.1, -0.05) is 51.1 Å². The van der Waals surface area contributed by atoms with Crippen LogP contribution in [0.4, 0.5) is 10.6 Å². The molecule has 2 N–H and O–H groups in total. The van der Waals surface area contributed by atoms with Gasteiger partial charge in [-0.05, 0) is 81.8 Å². The summed E-state index contributed by atoms with van der Waals surface area (Å²) < 4.78 is 41.8. The highest BCUT2D eigenvalue weighted by molar-refractivity contribution is 7.92. The fourth-order valence-corrected chi connectivity index (χ4v) is 8.16. The van der Waals surface area contributed by atoms with E-state index >= 15 is 0 Å². The first kappa shape index (κ1) is 33.1. The van der Waals surface area contributed by atoms with E-state index in [4.69, 9.17) is 9.16 Å². The highest BCUT2D eigenvalue weighted by atomic mass is 32.2. The highest BCUT2D eigenvalue weighted by Gasteiger charge is 2.44. The van der Waals surface area contributed by atoms with Crippen LogP contribution in [-0.4, -0.2) is 49.1 Å². The summed E-state index contributed by atoms with van der Waals surface area (Å²) in [6, 6.07) is 10.8. The van der Waals surface area contributed by atoms with Gasteiger partial charge in [-0.15, -0.1) is 0 Å². The zero-order valence-corrected chi connectivity index (χ0v) is 29.4. The molecule has 244 valence electrons. The van der Waals surface area contributed by atoms with Crippen molar-refractivity contribution in [2.75, 3.05) is 5.32 Å². The molecule has 2 aromatic heterocycles. The Hall–Kier alpha value is -3.22. The van der Waals surface area contributed by atoms with E-state index in [0.717, 1.165) is 35.1 Å². The average molecular weight is 654 g/mol. The molecule has 0 spiro atoms. The Bertz CT molecular complexity index is 1690. The fourth-order valence-electron chi connectivity index (χ4n) is 6.03. The van der Waals surface area contributed by atoms with Crippen LogP contribution in [-0.2, 0) is 25.6 Å². The van der Waals surface area contributed by atoms with Gasteiger partial charge in [0.2, 0.25) is 0 Å². The molecule has 45 heavy (non-hydrogen) atoms. The van der Waals surface area contributed by atoms with Crippen LogP contribution < -0.4 is 10.0 Å². The lowest BCUT2D eigenvalue weighted by Gasteiger charge is -2.39. The molecule has 4 atom stereocenters. The van der Waals surface area contributed by atoms with Gasteiger partial charge in [0.1, 0.15) is 23.4 Å². The smallest absolute Gasteiger partial charge is 0.421 e. The summed E-state index contributed by atoms with van der Waals surface area (Å²) in [6.45, 7) is 16.0. The number of aryl methyl sites for hydroxylation is 1. The van der Waals surface area contributed by atoms with Crippen molar-refractivity contribution in [1.82, 2.24) is 19.3 Å². The topological polar surface area (TPSA) is 124 Å². The number of anilines is 1. The molecule has 1 aromatic carbocycles. The lowest BCUT2D eigenvalue weighted by Crippen LogP contribution is -2.44. The SMILES string of the molecule is CC(C)(C)OC(=O)NS(=O)(=O)/C=C/[C@@H]1C[C@@H](n2ccc3c(N[C@H]4CCc5ccccc54)ncnc32)C[C@@H]1O[Si](C)(C)C(C)(C)C. The number of ether oxygens (including phenoxy) is 1. The predicted molar refractivity (Wildman–Crippen MR) is 180 cm³/mol. The molecule has 1 saturated carbocycles. The average Bonchev–Trinajstić information content (AvgIpc) is 3.63. The number of carbonyl (C=O) groups is 1. The summed E-state index contributed by atoms with van der Waals surface area (Å²) in [5.41, 5.74) is 2.71. The molecule has 0 bridgehead atoms. The zero-order chi connectivity index (χ0) is 32.8. The van der Waals surface area contributed by atoms with Crippen LogP contribution in [0.5, 0.6) is 0 Å². The van der Waals surface area contributed by atoms with E-state index in [1.54, 1.807) is 33.2 Å². The molecular formula is C33H47N5O5SSi. The molecule has 3 aromatic rings. The van der Waals surface area contributed by atoms with Gasteiger partial charge in [-0.2, -0.15) is 0 Å². The minimum absolute atomic E-state index is 0.0174. The normalized spacial score (nSPS) is 22.6. The summed E-state index contributed by atoms with van der Waals surface area (Å²) in [5, 5.41) is 5.68. The molecule has 0 saturated heterocycles. The molecule has 12 heteroatoms. The van der Waals surface area contributed by atoms with Crippen LogP contribution in [0.1, 0.15) is 84.0 Å². The summed E-state index contributed by atoms with van der Waals surface area (Å²) in [5.74, 6) is 0.620. The van der Waals surface area contributed by atoms with Gasteiger partial charge < -0.3 is 19.0 Å². The van der Waals surface area contributed by atoms with Crippen LogP contribution in [0.15, 0.2) is 54.3 Å². The van der Waals surface area contributed by atoms with E-state index < -0.39 is 30.0 Å². The standard InChI is InChI=1S/C33H47N5O5SSi/c1-32(2,3)42-31(39)37-44(40,41)18-16-23-19-24(20-28(23)43-45(7,8)33(4,5)6)38-17-15-26-29(34-21-35-30(26)38)36-27-14-13-22-11-9-10-12-25(22)27/h9-12,15-18,21,23-24,27-28H,13-14,19-20H2,1-8H3,(H,37,39)(H,34,35,36)/b18-16+/t23-,24-,27+,28+/m1/s1. The predicted octanol–water partition coefficient (Wildman–Crippen LogP) is 7.24. The third-order valence-electron chi connectivity index (χ3n) is 9.25. The maximum absolute atomic E-state index is 12.8. The second kappa shape index (κ2) is 12.2. The van der Waals surface area contributed by atoms with Crippen molar-refractivity contribution in [3.8, 4) is 0 Å². The Kier molecular flexibility index (Phi) is 8.97. The van der Waals surface area contributed by atoms with Gasteiger partial charge in [0.25, 0.3) is 10.0 Å². The summed E-state index contributed by atoms with van der Waals surface area (Å²) >= 11 is 0. The monoisotopic (exact) mass is 653 g/mol. The van der Waals surface area contributed by atoms with E-state index in [9.17, 15) is 13.2 Å². The number of hydrogen-bond acceptors (Lipinski definition) is 8. The Labute approximate surface area is 268 Å². The van der Waals surface area contributed by atoms with E-state index in [0.29, 0.717) is 12.8 Å². The lowest BCUT2D eigenvalue weighted by atomic mass is 10.1. The van der Waals surface area contributed by atoms with Crippen molar-refractivity contribution in [3.63, 3.8) is 0 Å². The first-order chi connectivity index (χ1) is 20.9. The molecule has 2 aliphatic carbocycles. The fraction of sp³-hybridized carbons (Fsp3) is 0.545. The Morgan fingerprint density at radius 1 is 1.07 bits per heavy atom. The minimum Gasteiger partial charge on any atom is -0.443 e. The van der Waals surface area contributed by atoms with Crippen LogP contribution in [0.25, 0.3) is 11.0 Å². The molecule has 2 aliphatic rings. The summed E-state index contributed by atoms with van der Waals surface area (Å²) in [7, 11) is -6.25.